The molecule has 0 amide bonds. The van der Waals surface area contributed by atoms with Gasteiger partial charge in [0.05, 0.1) is 34.4 Å². The fourth-order valence-corrected chi connectivity index (χ4v) is 3.55. The van der Waals surface area contributed by atoms with E-state index in [-0.39, 0.29) is 36.7 Å². The maximum absolute atomic E-state index is 11.9. The van der Waals surface area contributed by atoms with Crippen molar-refractivity contribution in [2.24, 2.45) is 0 Å². The second kappa shape index (κ2) is 13.2. The summed E-state index contributed by atoms with van der Waals surface area (Å²) in [6.07, 6.45) is 4.06. The van der Waals surface area contributed by atoms with Crippen molar-refractivity contribution in [3.8, 4) is 0 Å². The first-order valence-electron chi connectivity index (χ1n) is 11.2. The van der Waals surface area contributed by atoms with Crippen molar-refractivity contribution in [2.75, 3.05) is 19.6 Å². The van der Waals surface area contributed by atoms with Crippen LogP contribution in [0.4, 0.5) is 0 Å². The van der Waals surface area contributed by atoms with Gasteiger partial charge in [0.2, 0.25) is 0 Å². The Kier molecular flexibility index (Phi) is 9.51. The molecule has 0 aliphatic carbocycles. The average molecular weight is 501 g/mol. The molecule has 0 aromatic heterocycles. The Hall–Kier alpha value is -4.96. The summed E-state index contributed by atoms with van der Waals surface area (Å²) in [4.78, 5) is 35.2. The molecule has 3 rings (SSSR count). The predicted molar refractivity (Wildman–Crippen MR) is 141 cm³/mol. The van der Waals surface area contributed by atoms with E-state index >= 15 is 0 Å². The molecule has 0 saturated carbocycles. The average Bonchev–Trinajstić information content (AvgIpc) is 2.89. The van der Waals surface area contributed by atoms with Crippen molar-refractivity contribution in [1.29, 1.82) is 0 Å². The molecular weight excluding hydrogens is 476 g/mol. The fourth-order valence-electron chi connectivity index (χ4n) is 3.55. The Morgan fingerprint density at radius 3 is 0.973 bits per heavy atom. The Bertz CT molecular complexity index is 1160. The van der Waals surface area contributed by atoms with Crippen LogP contribution in [0.15, 0.2) is 108 Å². The van der Waals surface area contributed by atoms with E-state index in [1.165, 1.54) is 23.1 Å². The number of hydrogen-bond donors (Lipinski definition) is 0. The van der Waals surface area contributed by atoms with Gasteiger partial charge in [0.15, 0.2) is 0 Å². The topological polar surface area (TPSA) is 133 Å². The van der Waals surface area contributed by atoms with Gasteiger partial charge in [-0.15, -0.1) is 0 Å². The maximum atomic E-state index is 11.9. The summed E-state index contributed by atoms with van der Waals surface area (Å²) in [5, 5.41) is 35.6. The summed E-state index contributed by atoms with van der Waals surface area (Å²) in [7, 11) is 0. The first-order chi connectivity index (χ1) is 17.8. The van der Waals surface area contributed by atoms with Crippen LogP contribution in [0.2, 0.25) is 0 Å². The Morgan fingerprint density at radius 1 is 0.514 bits per heavy atom. The Balaban J connectivity index is 2.00. The molecule has 0 spiro atoms. The highest BCUT2D eigenvalue weighted by molar-refractivity contribution is 5.53. The summed E-state index contributed by atoms with van der Waals surface area (Å²) in [6.45, 7) is -1.08. The first-order valence-corrected chi connectivity index (χ1v) is 11.2. The summed E-state index contributed by atoms with van der Waals surface area (Å²) in [5.41, 5.74) is 0.941. The number of rotatable bonds is 12. The predicted octanol–water partition coefficient (Wildman–Crippen LogP) is 5.24. The van der Waals surface area contributed by atoms with Crippen molar-refractivity contribution in [3.63, 3.8) is 0 Å². The lowest BCUT2D eigenvalue weighted by molar-refractivity contribution is -0.436. The molecule has 0 saturated heterocycles. The quantitative estimate of drug-likeness (QED) is 0.245. The van der Waals surface area contributed by atoms with Gasteiger partial charge in [-0.2, -0.15) is 0 Å². The number of nitro groups is 3. The van der Waals surface area contributed by atoms with Gasteiger partial charge in [-0.1, -0.05) is 91.0 Å². The van der Waals surface area contributed by atoms with Gasteiger partial charge in [0.1, 0.15) is 0 Å². The molecule has 0 radical (unpaired) electrons. The summed E-state index contributed by atoms with van der Waals surface area (Å²) < 4.78 is 0. The van der Waals surface area contributed by atoms with Crippen molar-refractivity contribution < 1.29 is 14.8 Å². The minimum Gasteiger partial charge on any atom is -0.273 e. The molecule has 0 aliphatic rings. The van der Waals surface area contributed by atoms with Crippen LogP contribution < -0.4 is 0 Å². The van der Waals surface area contributed by atoms with E-state index < -0.39 is 14.8 Å². The smallest absolute Gasteiger partial charge is 0.260 e. The molecule has 3 aromatic rings. The van der Waals surface area contributed by atoms with Crippen LogP contribution in [-0.4, -0.2) is 39.3 Å². The molecule has 0 atom stereocenters. The van der Waals surface area contributed by atoms with E-state index in [1.807, 2.05) is 0 Å². The molecule has 0 N–H and O–H groups in total. The van der Waals surface area contributed by atoms with Gasteiger partial charge >= 0.3 is 0 Å². The molecule has 10 nitrogen and oxygen atoms in total. The first kappa shape index (κ1) is 26.6. The molecule has 0 unspecified atom stereocenters. The van der Waals surface area contributed by atoms with E-state index in [2.05, 4.69) is 0 Å². The maximum Gasteiger partial charge on any atom is 0.260 e. The highest BCUT2D eigenvalue weighted by Gasteiger charge is 2.26. The van der Waals surface area contributed by atoms with Crippen molar-refractivity contribution >= 4 is 18.2 Å². The summed E-state index contributed by atoms with van der Waals surface area (Å²) in [6, 6.07) is 25.8. The van der Waals surface area contributed by atoms with E-state index in [1.54, 1.807) is 91.0 Å². The Labute approximate surface area is 212 Å². The SMILES string of the molecule is O=[N+]([O-])/C(=C/c1ccccc1)CN(C/C(=C\c1ccccc1)[N+](=O)[O-])C/C(=C\c1ccccc1)[N+](=O)[O-]. The zero-order chi connectivity index (χ0) is 26.6. The third-order valence-corrected chi connectivity index (χ3v) is 5.26. The lowest BCUT2D eigenvalue weighted by atomic mass is 10.1. The number of nitrogens with zero attached hydrogens (tertiary/aromatic N) is 4. The summed E-state index contributed by atoms with van der Waals surface area (Å²) >= 11 is 0. The van der Waals surface area contributed by atoms with Gasteiger partial charge in [0, 0.05) is 18.2 Å². The lowest BCUT2D eigenvalue weighted by Gasteiger charge is -2.18. The normalized spacial score (nSPS) is 12.4. The molecule has 3 aromatic carbocycles. The van der Waals surface area contributed by atoms with Gasteiger partial charge in [-0.05, 0) is 16.7 Å². The lowest BCUT2D eigenvalue weighted by Crippen LogP contribution is -2.34. The third kappa shape index (κ3) is 8.64. The minimum atomic E-state index is -0.584. The van der Waals surface area contributed by atoms with Gasteiger partial charge in [0.25, 0.3) is 17.1 Å². The molecule has 10 heteroatoms. The molecule has 37 heavy (non-hydrogen) atoms. The highest BCUT2D eigenvalue weighted by atomic mass is 16.6. The molecule has 188 valence electrons. The van der Waals surface area contributed by atoms with Crippen molar-refractivity contribution in [1.82, 2.24) is 4.90 Å². The van der Waals surface area contributed by atoms with Crippen LogP contribution in [0.1, 0.15) is 16.7 Å². The Morgan fingerprint density at radius 2 is 0.757 bits per heavy atom. The van der Waals surface area contributed by atoms with E-state index in [9.17, 15) is 30.3 Å². The second-order valence-electron chi connectivity index (χ2n) is 8.06. The second-order valence-corrected chi connectivity index (χ2v) is 8.06. The largest absolute Gasteiger partial charge is 0.273 e. The van der Waals surface area contributed by atoms with E-state index in [0.29, 0.717) is 16.7 Å². The molecular formula is C27H24N4O6. The standard InChI is InChI=1S/C27H24N4O6/c32-29(33)25(16-22-10-4-1-5-11-22)19-28(20-26(30(34)35)17-23-12-6-2-7-13-23)21-27(31(36)37)18-24-14-8-3-9-15-24/h1-18H,19-21H2/b25-16+,26-17+,27-18+. The molecule has 0 bridgehead atoms. The summed E-state index contributed by atoms with van der Waals surface area (Å²) in [5.74, 6) is 0. The van der Waals surface area contributed by atoms with Crippen LogP contribution in [0.5, 0.6) is 0 Å². The van der Waals surface area contributed by atoms with Crippen molar-refractivity contribution in [3.05, 3.63) is 155 Å². The van der Waals surface area contributed by atoms with Crippen LogP contribution >= 0.6 is 0 Å². The molecule has 0 heterocycles. The number of hydrogen-bond acceptors (Lipinski definition) is 7. The molecule has 0 aliphatic heterocycles. The zero-order valence-electron chi connectivity index (χ0n) is 19.8. The third-order valence-electron chi connectivity index (χ3n) is 5.26. The minimum absolute atomic E-state index is 0.254. The number of benzene rings is 3. The van der Waals surface area contributed by atoms with Gasteiger partial charge < -0.3 is 0 Å². The van der Waals surface area contributed by atoms with E-state index in [0.717, 1.165) is 0 Å². The van der Waals surface area contributed by atoms with Crippen molar-refractivity contribution in [2.45, 2.75) is 0 Å². The van der Waals surface area contributed by atoms with Gasteiger partial charge in [-0.3, -0.25) is 35.2 Å². The van der Waals surface area contributed by atoms with Crippen LogP contribution in [0.3, 0.4) is 0 Å². The highest BCUT2D eigenvalue weighted by Crippen LogP contribution is 2.16. The zero-order valence-corrected chi connectivity index (χ0v) is 19.8. The van der Waals surface area contributed by atoms with Gasteiger partial charge in [-0.25, -0.2) is 0 Å². The molecule has 0 fully saturated rings. The fraction of sp³-hybridized carbons (Fsp3) is 0.111. The van der Waals surface area contributed by atoms with Crippen LogP contribution in [0.25, 0.3) is 18.2 Å². The van der Waals surface area contributed by atoms with Crippen LogP contribution in [0, 0.1) is 30.3 Å². The van der Waals surface area contributed by atoms with Crippen LogP contribution in [-0.2, 0) is 0 Å². The monoisotopic (exact) mass is 500 g/mol. The van der Waals surface area contributed by atoms with E-state index in [4.69, 9.17) is 0 Å².